The van der Waals surface area contributed by atoms with Crippen molar-refractivity contribution in [2.24, 2.45) is 11.7 Å². The van der Waals surface area contributed by atoms with Crippen LogP contribution in [0.4, 0.5) is 4.79 Å². The first kappa shape index (κ1) is 16.1. The smallest absolute Gasteiger partial charge is 0.312 e. The molecule has 1 heterocycles. The van der Waals surface area contributed by atoms with Gasteiger partial charge < -0.3 is 16.0 Å². The summed E-state index contributed by atoms with van der Waals surface area (Å²) in [5.74, 6) is 0.808. The van der Waals surface area contributed by atoms with Crippen molar-refractivity contribution in [1.82, 2.24) is 15.1 Å². The van der Waals surface area contributed by atoms with E-state index in [1.165, 1.54) is 38.6 Å². The summed E-state index contributed by atoms with van der Waals surface area (Å²) in [4.78, 5) is 27.3. The van der Waals surface area contributed by atoms with Gasteiger partial charge in [-0.1, -0.05) is 19.3 Å². The summed E-state index contributed by atoms with van der Waals surface area (Å²) in [5, 5.41) is 2.45. The topological polar surface area (TPSA) is 78.7 Å². The van der Waals surface area contributed by atoms with Crippen LogP contribution in [-0.4, -0.2) is 60.5 Å². The first-order valence-electron chi connectivity index (χ1n) is 8.13. The largest absolute Gasteiger partial charge is 0.352 e. The minimum atomic E-state index is -0.646. The zero-order valence-electron chi connectivity index (χ0n) is 13.0. The van der Waals surface area contributed by atoms with Crippen LogP contribution in [0.1, 0.15) is 39.0 Å². The van der Waals surface area contributed by atoms with Crippen molar-refractivity contribution < 1.29 is 9.59 Å². The van der Waals surface area contributed by atoms with Gasteiger partial charge in [0.25, 0.3) is 0 Å². The van der Waals surface area contributed by atoms with Crippen LogP contribution < -0.4 is 11.1 Å². The SMILES string of the molecule is CC(NC(N)=O)C(=O)N1CCN(CC2CCCCC2)CC1. The molecule has 2 fully saturated rings. The third kappa shape index (κ3) is 4.88. The number of nitrogens with one attached hydrogen (secondary N) is 1. The molecule has 1 aliphatic carbocycles. The molecule has 1 saturated heterocycles. The third-order valence-corrected chi connectivity index (χ3v) is 4.65. The van der Waals surface area contributed by atoms with E-state index in [0.717, 1.165) is 32.1 Å². The van der Waals surface area contributed by atoms with E-state index in [1.807, 2.05) is 4.90 Å². The number of carbonyl (C=O) groups is 2. The lowest BCUT2D eigenvalue weighted by Gasteiger charge is -2.38. The van der Waals surface area contributed by atoms with Gasteiger partial charge in [0, 0.05) is 32.7 Å². The fourth-order valence-corrected chi connectivity index (χ4v) is 3.43. The van der Waals surface area contributed by atoms with Gasteiger partial charge in [0.1, 0.15) is 6.04 Å². The monoisotopic (exact) mass is 296 g/mol. The minimum Gasteiger partial charge on any atom is -0.352 e. The van der Waals surface area contributed by atoms with E-state index in [9.17, 15) is 9.59 Å². The van der Waals surface area contributed by atoms with E-state index in [1.54, 1.807) is 6.92 Å². The van der Waals surface area contributed by atoms with Crippen LogP contribution in [0.5, 0.6) is 0 Å². The van der Waals surface area contributed by atoms with E-state index in [0.29, 0.717) is 0 Å². The molecule has 2 aliphatic rings. The summed E-state index contributed by atoms with van der Waals surface area (Å²) in [6, 6.07) is -1.18. The fraction of sp³-hybridized carbons (Fsp3) is 0.867. The highest BCUT2D eigenvalue weighted by atomic mass is 16.2. The van der Waals surface area contributed by atoms with Crippen molar-refractivity contribution in [3.63, 3.8) is 0 Å². The minimum absolute atomic E-state index is 0.0360. The predicted octanol–water partition coefficient (Wildman–Crippen LogP) is 0.768. The molecule has 6 nitrogen and oxygen atoms in total. The normalized spacial score (nSPS) is 22.8. The Labute approximate surface area is 127 Å². The Morgan fingerprint density at radius 1 is 1.14 bits per heavy atom. The van der Waals surface area contributed by atoms with Crippen molar-refractivity contribution >= 4 is 11.9 Å². The zero-order chi connectivity index (χ0) is 15.2. The number of carbonyl (C=O) groups excluding carboxylic acids is 2. The van der Waals surface area contributed by atoms with Crippen LogP contribution in [-0.2, 0) is 4.79 Å². The van der Waals surface area contributed by atoms with Crippen LogP contribution in [0, 0.1) is 5.92 Å². The number of hydrogen-bond acceptors (Lipinski definition) is 3. The van der Waals surface area contributed by atoms with Crippen molar-refractivity contribution in [1.29, 1.82) is 0 Å². The molecule has 0 aromatic rings. The second-order valence-electron chi connectivity index (χ2n) is 6.36. The fourth-order valence-electron chi connectivity index (χ4n) is 3.43. The Bertz CT molecular complexity index is 361. The number of urea groups is 1. The second kappa shape index (κ2) is 7.64. The number of rotatable bonds is 4. The maximum Gasteiger partial charge on any atom is 0.312 e. The molecule has 2 rings (SSSR count). The van der Waals surface area contributed by atoms with E-state index in [4.69, 9.17) is 5.73 Å². The highest BCUT2D eigenvalue weighted by Gasteiger charge is 2.26. The Morgan fingerprint density at radius 3 is 2.33 bits per heavy atom. The molecule has 3 N–H and O–H groups in total. The molecule has 3 amide bonds. The van der Waals surface area contributed by atoms with Crippen LogP contribution in [0.25, 0.3) is 0 Å². The first-order chi connectivity index (χ1) is 10.1. The van der Waals surface area contributed by atoms with Gasteiger partial charge in [-0.15, -0.1) is 0 Å². The molecule has 0 bridgehead atoms. The van der Waals surface area contributed by atoms with Crippen molar-refractivity contribution in [3.8, 4) is 0 Å². The summed E-state index contributed by atoms with van der Waals surface area (Å²) in [5.41, 5.74) is 5.06. The van der Waals surface area contributed by atoms with Crippen LogP contribution >= 0.6 is 0 Å². The quantitative estimate of drug-likeness (QED) is 0.804. The Balaban J connectivity index is 1.72. The highest BCUT2D eigenvalue weighted by Crippen LogP contribution is 2.24. The van der Waals surface area contributed by atoms with Gasteiger partial charge in [0.15, 0.2) is 0 Å². The van der Waals surface area contributed by atoms with Gasteiger partial charge in [0.05, 0.1) is 0 Å². The van der Waals surface area contributed by atoms with Crippen LogP contribution in [0.15, 0.2) is 0 Å². The number of amides is 3. The van der Waals surface area contributed by atoms with Gasteiger partial charge in [-0.05, 0) is 25.7 Å². The molecule has 0 aromatic heterocycles. The molecular formula is C15H28N4O2. The highest BCUT2D eigenvalue weighted by molar-refractivity contribution is 5.86. The Hall–Kier alpha value is -1.30. The van der Waals surface area contributed by atoms with E-state index < -0.39 is 12.1 Å². The molecule has 1 saturated carbocycles. The number of piperazine rings is 1. The molecule has 1 unspecified atom stereocenters. The first-order valence-corrected chi connectivity index (χ1v) is 8.13. The van der Waals surface area contributed by atoms with E-state index >= 15 is 0 Å². The second-order valence-corrected chi connectivity index (χ2v) is 6.36. The van der Waals surface area contributed by atoms with Crippen molar-refractivity contribution in [2.45, 2.75) is 45.1 Å². The van der Waals surface area contributed by atoms with E-state index in [2.05, 4.69) is 10.2 Å². The van der Waals surface area contributed by atoms with Gasteiger partial charge in [-0.3, -0.25) is 9.69 Å². The molecule has 0 spiro atoms. The molecule has 6 heteroatoms. The molecule has 0 aromatic carbocycles. The van der Waals surface area contributed by atoms with Gasteiger partial charge in [0.2, 0.25) is 5.91 Å². The third-order valence-electron chi connectivity index (χ3n) is 4.65. The maximum absolute atomic E-state index is 12.2. The molecule has 0 radical (unpaired) electrons. The molecule has 120 valence electrons. The standard InChI is InChI=1S/C15H28N4O2/c1-12(17-15(16)21)14(20)19-9-7-18(8-10-19)11-13-5-3-2-4-6-13/h12-13H,2-11H2,1H3,(H3,16,17,21). The van der Waals surface area contributed by atoms with Crippen LogP contribution in [0.2, 0.25) is 0 Å². The van der Waals surface area contributed by atoms with Crippen molar-refractivity contribution in [2.75, 3.05) is 32.7 Å². The van der Waals surface area contributed by atoms with Gasteiger partial charge in [-0.25, -0.2) is 4.79 Å². The number of nitrogens with zero attached hydrogens (tertiary/aromatic N) is 2. The number of nitrogens with two attached hydrogens (primary N) is 1. The van der Waals surface area contributed by atoms with E-state index in [-0.39, 0.29) is 5.91 Å². The molecule has 1 aliphatic heterocycles. The molecule has 1 atom stereocenters. The summed E-state index contributed by atoms with van der Waals surface area (Å²) in [6.07, 6.45) is 6.86. The van der Waals surface area contributed by atoms with Crippen molar-refractivity contribution in [3.05, 3.63) is 0 Å². The molecule has 21 heavy (non-hydrogen) atoms. The van der Waals surface area contributed by atoms with Gasteiger partial charge in [-0.2, -0.15) is 0 Å². The lowest BCUT2D eigenvalue weighted by molar-refractivity contribution is -0.134. The Kier molecular flexibility index (Phi) is 5.85. The summed E-state index contributed by atoms with van der Waals surface area (Å²) >= 11 is 0. The number of hydrogen-bond donors (Lipinski definition) is 2. The van der Waals surface area contributed by atoms with Gasteiger partial charge >= 0.3 is 6.03 Å². The lowest BCUT2D eigenvalue weighted by Crippen LogP contribution is -2.55. The Morgan fingerprint density at radius 2 is 1.76 bits per heavy atom. The maximum atomic E-state index is 12.2. The summed E-state index contributed by atoms with van der Waals surface area (Å²) in [7, 11) is 0. The zero-order valence-corrected chi connectivity index (χ0v) is 13.0. The predicted molar refractivity (Wildman–Crippen MR) is 81.8 cm³/mol. The molecular weight excluding hydrogens is 268 g/mol. The number of primary amides is 1. The van der Waals surface area contributed by atoms with Crippen LogP contribution in [0.3, 0.4) is 0 Å². The summed E-state index contributed by atoms with van der Waals surface area (Å²) < 4.78 is 0. The average molecular weight is 296 g/mol. The summed E-state index contributed by atoms with van der Waals surface area (Å²) in [6.45, 7) is 6.22. The average Bonchev–Trinajstić information content (AvgIpc) is 2.47. The lowest BCUT2D eigenvalue weighted by atomic mass is 9.89.